The molecule has 0 bridgehead atoms. The van der Waals surface area contributed by atoms with Gasteiger partial charge in [-0.15, -0.1) is 12.4 Å². The molecule has 1 saturated heterocycles. The lowest BCUT2D eigenvalue weighted by molar-refractivity contribution is -0.120. The highest BCUT2D eigenvalue weighted by molar-refractivity contribution is 5.96. The number of carbonyl (C=O) groups excluding carboxylic acids is 2. The van der Waals surface area contributed by atoms with E-state index < -0.39 is 0 Å². The van der Waals surface area contributed by atoms with Crippen molar-refractivity contribution in [3.8, 4) is 0 Å². The molecule has 0 spiro atoms. The third kappa shape index (κ3) is 5.31. The Hall–Kier alpha value is -1.59. The summed E-state index contributed by atoms with van der Waals surface area (Å²) in [5.74, 6) is -0.0244. The average Bonchev–Trinajstić information content (AvgIpc) is 2.48. The Balaban J connectivity index is 0.00000242. The van der Waals surface area contributed by atoms with Gasteiger partial charge < -0.3 is 16.0 Å². The van der Waals surface area contributed by atoms with Gasteiger partial charge in [-0.05, 0) is 57.5 Å². The van der Waals surface area contributed by atoms with E-state index in [1.54, 1.807) is 24.3 Å². The van der Waals surface area contributed by atoms with Gasteiger partial charge in [0.15, 0.2) is 0 Å². The number of hydrogen-bond donors (Lipinski definition) is 3. The summed E-state index contributed by atoms with van der Waals surface area (Å²) in [5, 5.41) is 8.97. The lowest BCUT2D eigenvalue weighted by atomic mass is 9.99. The van der Waals surface area contributed by atoms with Crippen molar-refractivity contribution in [3.63, 3.8) is 0 Å². The molecule has 2 rings (SSSR count). The molecule has 1 unspecified atom stereocenters. The molecule has 1 fully saturated rings. The van der Waals surface area contributed by atoms with E-state index >= 15 is 0 Å². The summed E-state index contributed by atoms with van der Waals surface area (Å²) in [7, 11) is 0. The van der Waals surface area contributed by atoms with E-state index in [1.807, 2.05) is 13.8 Å². The third-order valence-electron chi connectivity index (χ3n) is 3.50. The highest BCUT2D eigenvalue weighted by Crippen LogP contribution is 2.15. The Morgan fingerprint density at radius 1 is 1.23 bits per heavy atom. The van der Waals surface area contributed by atoms with Gasteiger partial charge >= 0.3 is 0 Å². The van der Waals surface area contributed by atoms with Crippen LogP contribution in [0.1, 0.15) is 37.0 Å². The van der Waals surface area contributed by atoms with Gasteiger partial charge in [0.2, 0.25) is 5.91 Å². The Bertz CT molecular complexity index is 497. The molecule has 1 aliphatic heterocycles. The molecule has 1 aromatic carbocycles. The zero-order chi connectivity index (χ0) is 15.2. The highest BCUT2D eigenvalue weighted by Gasteiger charge is 2.20. The molecule has 0 aromatic heterocycles. The van der Waals surface area contributed by atoms with Crippen molar-refractivity contribution in [3.05, 3.63) is 29.8 Å². The van der Waals surface area contributed by atoms with Gasteiger partial charge in [0.05, 0.1) is 5.92 Å². The van der Waals surface area contributed by atoms with Crippen LogP contribution in [-0.4, -0.2) is 30.9 Å². The van der Waals surface area contributed by atoms with Crippen molar-refractivity contribution in [2.24, 2.45) is 5.92 Å². The smallest absolute Gasteiger partial charge is 0.251 e. The van der Waals surface area contributed by atoms with Gasteiger partial charge in [0, 0.05) is 23.8 Å². The zero-order valence-corrected chi connectivity index (χ0v) is 13.8. The van der Waals surface area contributed by atoms with Crippen LogP contribution in [0.25, 0.3) is 0 Å². The molecule has 0 aliphatic carbocycles. The van der Waals surface area contributed by atoms with Gasteiger partial charge in [-0.2, -0.15) is 0 Å². The summed E-state index contributed by atoms with van der Waals surface area (Å²) in [6, 6.07) is 7.10. The summed E-state index contributed by atoms with van der Waals surface area (Å²) >= 11 is 0. The third-order valence-corrected chi connectivity index (χ3v) is 3.50. The van der Waals surface area contributed by atoms with Crippen molar-refractivity contribution in [2.45, 2.75) is 32.7 Å². The van der Waals surface area contributed by atoms with Crippen LogP contribution in [0.3, 0.4) is 0 Å². The van der Waals surface area contributed by atoms with Crippen LogP contribution in [-0.2, 0) is 4.79 Å². The molecule has 0 saturated carbocycles. The number of piperidine rings is 1. The molecule has 5 nitrogen and oxygen atoms in total. The molecular formula is C16H24ClN3O2. The molecule has 3 N–H and O–H groups in total. The number of halogens is 1. The van der Waals surface area contributed by atoms with Gasteiger partial charge in [0.25, 0.3) is 5.91 Å². The van der Waals surface area contributed by atoms with Crippen LogP contribution in [0.5, 0.6) is 0 Å². The van der Waals surface area contributed by atoms with Crippen LogP contribution in [0, 0.1) is 5.92 Å². The second-order valence-corrected chi connectivity index (χ2v) is 5.74. The van der Waals surface area contributed by atoms with Crippen molar-refractivity contribution in [1.82, 2.24) is 10.6 Å². The van der Waals surface area contributed by atoms with E-state index in [0.717, 1.165) is 31.6 Å². The monoisotopic (exact) mass is 325 g/mol. The first kappa shape index (κ1) is 18.5. The van der Waals surface area contributed by atoms with Crippen molar-refractivity contribution < 1.29 is 9.59 Å². The van der Waals surface area contributed by atoms with Gasteiger partial charge in [-0.25, -0.2) is 0 Å². The second-order valence-electron chi connectivity index (χ2n) is 5.74. The molecule has 1 atom stereocenters. The van der Waals surface area contributed by atoms with E-state index in [1.165, 1.54) is 0 Å². The Morgan fingerprint density at radius 2 is 1.91 bits per heavy atom. The summed E-state index contributed by atoms with van der Waals surface area (Å²) in [5.41, 5.74) is 1.33. The van der Waals surface area contributed by atoms with E-state index in [0.29, 0.717) is 5.56 Å². The predicted octanol–water partition coefficient (Wildman–Crippen LogP) is 2.18. The summed E-state index contributed by atoms with van der Waals surface area (Å²) in [6.07, 6.45) is 1.96. The van der Waals surface area contributed by atoms with Crippen LogP contribution in [0.2, 0.25) is 0 Å². The Labute approximate surface area is 137 Å². The predicted molar refractivity (Wildman–Crippen MR) is 90.5 cm³/mol. The maximum absolute atomic E-state index is 12.1. The van der Waals surface area contributed by atoms with Gasteiger partial charge in [-0.1, -0.05) is 0 Å². The van der Waals surface area contributed by atoms with Gasteiger partial charge in [0.1, 0.15) is 0 Å². The minimum Gasteiger partial charge on any atom is -0.350 e. The normalized spacial score (nSPS) is 17.5. The first-order valence-corrected chi connectivity index (χ1v) is 7.49. The number of rotatable bonds is 4. The van der Waals surface area contributed by atoms with E-state index in [2.05, 4.69) is 16.0 Å². The topological polar surface area (TPSA) is 70.2 Å². The highest BCUT2D eigenvalue weighted by atomic mass is 35.5. The molecule has 22 heavy (non-hydrogen) atoms. The fourth-order valence-corrected chi connectivity index (χ4v) is 2.37. The molecule has 0 radical (unpaired) electrons. The van der Waals surface area contributed by atoms with Gasteiger partial charge in [-0.3, -0.25) is 9.59 Å². The fourth-order valence-electron chi connectivity index (χ4n) is 2.37. The molecule has 1 heterocycles. The standard InChI is InChI=1S/C16H23N3O2.ClH/c1-11(2)18-15(20)12-5-7-14(8-6-12)19-16(21)13-4-3-9-17-10-13;/h5-8,11,13,17H,3-4,9-10H2,1-2H3,(H,18,20)(H,19,21);1H. The van der Waals surface area contributed by atoms with Crippen LogP contribution in [0.15, 0.2) is 24.3 Å². The molecular weight excluding hydrogens is 302 g/mol. The number of anilines is 1. The minimum atomic E-state index is -0.0978. The van der Waals surface area contributed by atoms with Crippen LogP contribution >= 0.6 is 12.4 Å². The number of nitrogens with one attached hydrogen (secondary N) is 3. The quantitative estimate of drug-likeness (QED) is 0.794. The fraction of sp³-hybridized carbons (Fsp3) is 0.500. The van der Waals surface area contributed by atoms with E-state index in [9.17, 15) is 9.59 Å². The molecule has 1 aromatic rings. The average molecular weight is 326 g/mol. The molecule has 6 heteroatoms. The van der Waals surface area contributed by atoms with Crippen LogP contribution < -0.4 is 16.0 Å². The summed E-state index contributed by atoms with van der Waals surface area (Å²) in [4.78, 5) is 23.9. The molecule has 1 aliphatic rings. The van der Waals surface area contributed by atoms with E-state index in [4.69, 9.17) is 0 Å². The van der Waals surface area contributed by atoms with Crippen molar-refractivity contribution >= 4 is 29.9 Å². The van der Waals surface area contributed by atoms with Crippen molar-refractivity contribution in [1.29, 1.82) is 0 Å². The zero-order valence-electron chi connectivity index (χ0n) is 13.0. The number of amides is 2. The van der Waals surface area contributed by atoms with Crippen LogP contribution in [0.4, 0.5) is 5.69 Å². The summed E-state index contributed by atoms with van der Waals surface area (Å²) < 4.78 is 0. The number of carbonyl (C=O) groups is 2. The first-order valence-electron chi connectivity index (χ1n) is 7.49. The number of benzene rings is 1. The van der Waals surface area contributed by atoms with E-state index in [-0.39, 0.29) is 36.2 Å². The number of hydrogen-bond acceptors (Lipinski definition) is 3. The molecule has 2 amide bonds. The maximum Gasteiger partial charge on any atom is 0.251 e. The minimum absolute atomic E-state index is 0. The second kappa shape index (κ2) is 8.76. The summed E-state index contributed by atoms with van der Waals surface area (Å²) in [6.45, 7) is 5.57. The Kier molecular flexibility index (Phi) is 7.35. The Morgan fingerprint density at radius 3 is 2.45 bits per heavy atom. The lowest BCUT2D eigenvalue weighted by Crippen LogP contribution is -2.37. The van der Waals surface area contributed by atoms with Crippen molar-refractivity contribution in [2.75, 3.05) is 18.4 Å². The maximum atomic E-state index is 12.1. The molecule has 122 valence electrons. The lowest BCUT2D eigenvalue weighted by Gasteiger charge is -2.21. The SMILES string of the molecule is CC(C)NC(=O)c1ccc(NC(=O)C2CCCNC2)cc1.Cl. The largest absolute Gasteiger partial charge is 0.350 e. The first-order chi connectivity index (χ1) is 10.1.